The quantitative estimate of drug-likeness (QED) is 0.558. The summed E-state index contributed by atoms with van der Waals surface area (Å²) >= 11 is 0. The van der Waals surface area contributed by atoms with E-state index in [2.05, 4.69) is 16.0 Å². The van der Waals surface area contributed by atoms with Gasteiger partial charge in [-0.1, -0.05) is 0 Å². The zero-order valence-corrected chi connectivity index (χ0v) is 15.2. The molecule has 1 aromatic carbocycles. The number of carboxylic acid groups (broad SMARTS) is 1. The molecule has 6 nitrogen and oxygen atoms in total. The molecule has 0 bridgehead atoms. The molecule has 2 heterocycles. The molecular weight excluding hydrogens is 330 g/mol. The van der Waals surface area contributed by atoms with E-state index in [1.807, 2.05) is 24.3 Å². The van der Waals surface area contributed by atoms with E-state index in [0.29, 0.717) is 12.5 Å². The van der Waals surface area contributed by atoms with Gasteiger partial charge in [0, 0.05) is 17.8 Å². The van der Waals surface area contributed by atoms with Gasteiger partial charge in [0.2, 0.25) is 0 Å². The smallest absolute Gasteiger partial charge is 0.305 e. The van der Waals surface area contributed by atoms with Crippen molar-refractivity contribution in [2.45, 2.75) is 38.1 Å². The molecule has 2 saturated heterocycles. The Hall–Kier alpha value is -1.92. The van der Waals surface area contributed by atoms with Crippen molar-refractivity contribution in [3.63, 3.8) is 0 Å². The zero-order chi connectivity index (χ0) is 18.4. The lowest BCUT2D eigenvalue weighted by atomic mass is 9.76. The van der Waals surface area contributed by atoms with Crippen molar-refractivity contribution in [3.8, 4) is 0 Å². The largest absolute Gasteiger partial charge is 0.481 e. The van der Waals surface area contributed by atoms with Crippen LogP contribution in [0.2, 0.25) is 0 Å². The van der Waals surface area contributed by atoms with Crippen molar-refractivity contribution in [1.29, 1.82) is 0 Å². The predicted molar refractivity (Wildman–Crippen MR) is 102 cm³/mol. The maximum absolute atomic E-state index is 12.9. The first-order valence-electron chi connectivity index (χ1n) is 9.67. The van der Waals surface area contributed by atoms with Crippen LogP contribution in [-0.2, 0) is 4.79 Å². The minimum Gasteiger partial charge on any atom is -0.481 e. The summed E-state index contributed by atoms with van der Waals surface area (Å²) in [5.41, 5.74) is 1.56. The number of hydrogen-bond acceptors (Lipinski definition) is 5. The fourth-order valence-electron chi connectivity index (χ4n) is 4.16. The molecule has 26 heavy (non-hydrogen) atoms. The van der Waals surface area contributed by atoms with Gasteiger partial charge in [0.1, 0.15) is 0 Å². The Morgan fingerprint density at radius 2 is 1.73 bits per heavy atom. The number of benzene rings is 1. The second kappa shape index (κ2) is 9.14. The van der Waals surface area contributed by atoms with E-state index in [-0.39, 0.29) is 18.2 Å². The number of nitrogens with one attached hydrogen (secondary N) is 3. The highest BCUT2D eigenvalue weighted by atomic mass is 16.4. The highest BCUT2D eigenvalue weighted by Crippen LogP contribution is 2.31. The van der Waals surface area contributed by atoms with Crippen molar-refractivity contribution in [2.24, 2.45) is 11.8 Å². The van der Waals surface area contributed by atoms with Crippen LogP contribution in [0.4, 0.5) is 5.69 Å². The second-order valence-corrected chi connectivity index (χ2v) is 7.39. The van der Waals surface area contributed by atoms with Crippen LogP contribution in [0.3, 0.4) is 0 Å². The Bertz CT molecular complexity index is 611. The second-order valence-electron chi connectivity index (χ2n) is 7.39. The topological polar surface area (TPSA) is 90.5 Å². The molecule has 0 spiro atoms. The summed E-state index contributed by atoms with van der Waals surface area (Å²) in [4.78, 5) is 23.4. The Kier molecular flexibility index (Phi) is 6.63. The fraction of sp³-hybridized carbons (Fsp3) is 0.600. The zero-order valence-electron chi connectivity index (χ0n) is 15.2. The summed E-state index contributed by atoms with van der Waals surface area (Å²) in [5.74, 6) is 0.732. The van der Waals surface area contributed by atoms with Crippen LogP contribution in [0.1, 0.15) is 42.5 Å². The highest BCUT2D eigenvalue weighted by Gasteiger charge is 2.32. The van der Waals surface area contributed by atoms with Crippen molar-refractivity contribution < 1.29 is 14.7 Å². The van der Waals surface area contributed by atoms with Gasteiger partial charge in [0.15, 0.2) is 5.78 Å². The summed E-state index contributed by atoms with van der Waals surface area (Å²) < 4.78 is 0. The van der Waals surface area contributed by atoms with Crippen LogP contribution in [0, 0.1) is 11.8 Å². The van der Waals surface area contributed by atoms with Gasteiger partial charge in [-0.25, -0.2) is 0 Å². The van der Waals surface area contributed by atoms with Crippen LogP contribution in [0.5, 0.6) is 0 Å². The lowest BCUT2D eigenvalue weighted by Crippen LogP contribution is -2.46. The van der Waals surface area contributed by atoms with Crippen LogP contribution >= 0.6 is 0 Å². The monoisotopic (exact) mass is 359 g/mol. The van der Waals surface area contributed by atoms with Gasteiger partial charge in [0.25, 0.3) is 0 Å². The number of rotatable bonds is 7. The van der Waals surface area contributed by atoms with Crippen LogP contribution in [0.15, 0.2) is 24.3 Å². The van der Waals surface area contributed by atoms with Gasteiger partial charge < -0.3 is 21.1 Å². The Balaban J connectivity index is 1.55. The summed E-state index contributed by atoms with van der Waals surface area (Å²) in [6.07, 6.45) is 4.62. The van der Waals surface area contributed by atoms with E-state index in [4.69, 9.17) is 5.11 Å². The van der Waals surface area contributed by atoms with E-state index in [0.717, 1.165) is 43.2 Å². The summed E-state index contributed by atoms with van der Waals surface area (Å²) in [7, 11) is 0. The number of carbonyl (C=O) groups excluding carboxylic acids is 1. The Labute approximate surface area is 154 Å². The lowest BCUT2D eigenvalue weighted by Gasteiger charge is -2.36. The number of carbonyl (C=O) groups is 2. The molecule has 0 amide bonds. The first-order chi connectivity index (χ1) is 12.6. The molecule has 0 radical (unpaired) electrons. The molecule has 4 N–H and O–H groups in total. The van der Waals surface area contributed by atoms with Gasteiger partial charge >= 0.3 is 5.97 Å². The number of hydrogen-bond donors (Lipinski definition) is 4. The van der Waals surface area contributed by atoms with Crippen LogP contribution in [0.25, 0.3) is 0 Å². The van der Waals surface area contributed by atoms with E-state index < -0.39 is 5.97 Å². The summed E-state index contributed by atoms with van der Waals surface area (Å²) in [6, 6.07) is 7.28. The maximum Gasteiger partial charge on any atom is 0.305 e. The standard InChI is InChI=1S/C20H29N3O3/c24-19(25)8-12-22-17-3-1-15(2-4-17)20(26)18-13-16(7-11-23-18)14-5-9-21-10-6-14/h1-4,14,16,18,21-23H,5-13H2,(H,24,25). The molecule has 2 atom stereocenters. The minimum atomic E-state index is -0.823. The van der Waals surface area contributed by atoms with Gasteiger partial charge in [-0.15, -0.1) is 0 Å². The molecule has 3 rings (SSSR count). The Morgan fingerprint density at radius 3 is 2.42 bits per heavy atom. The van der Waals surface area contributed by atoms with Gasteiger partial charge in [-0.2, -0.15) is 0 Å². The van der Waals surface area contributed by atoms with Gasteiger partial charge in [-0.05, 0) is 81.4 Å². The fourth-order valence-corrected chi connectivity index (χ4v) is 4.16. The summed E-state index contributed by atoms with van der Waals surface area (Å²) in [5, 5.41) is 18.6. The average molecular weight is 359 g/mol. The third-order valence-electron chi connectivity index (χ3n) is 5.65. The lowest BCUT2D eigenvalue weighted by molar-refractivity contribution is -0.136. The molecule has 2 fully saturated rings. The Morgan fingerprint density at radius 1 is 1.04 bits per heavy atom. The molecule has 2 aliphatic heterocycles. The SMILES string of the molecule is O=C(O)CCNc1ccc(C(=O)C2CC(C3CCNCC3)CCN2)cc1. The maximum atomic E-state index is 12.9. The molecule has 1 aromatic rings. The minimum absolute atomic E-state index is 0.0742. The van der Waals surface area contributed by atoms with E-state index in [1.165, 1.54) is 19.3 Å². The molecule has 2 aliphatic rings. The molecule has 0 aromatic heterocycles. The third-order valence-corrected chi connectivity index (χ3v) is 5.65. The number of aliphatic carboxylic acids is 1. The molecule has 0 aliphatic carbocycles. The van der Waals surface area contributed by atoms with Crippen LogP contribution < -0.4 is 16.0 Å². The number of carboxylic acids is 1. The van der Waals surface area contributed by atoms with E-state index >= 15 is 0 Å². The average Bonchev–Trinajstić information content (AvgIpc) is 2.68. The highest BCUT2D eigenvalue weighted by molar-refractivity contribution is 6.00. The van der Waals surface area contributed by atoms with Gasteiger partial charge in [0.05, 0.1) is 12.5 Å². The van der Waals surface area contributed by atoms with E-state index in [9.17, 15) is 9.59 Å². The van der Waals surface area contributed by atoms with E-state index in [1.54, 1.807) is 0 Å². The van der Waals surface area contributed by atoms with Crippen LogP contribution in [-0.4, -0.2) is 49.1 Å². The summed E-state index contributed by atoms with van der Waals surface area (Å²) in [6.45, 7) is 3.50. The van der Waals surface area contributed by atoms with Crippen molar-refractivity contribution in [3.05, 3.63) is 29.8 Å². The molecule has 2 unspecified atom stereocenters. The third kappa shape index (κ3) is 5.05. The predicted octanol–water partition coefficient (Wildman–Crippen LogP) is 2.12. The first kappa shape index (κ1) is 18.9. The molecule has 142 valence electrons. The van der Waals surface area contributed by atoms with Gasteiger partial charge in [-0.3, -0.25) is 9.59 Å². The molecule has 6 heteroatoms. The number of piperidine rings is 2. The first-order valence-corrected chi connectivity index (χ1v) is 9.67. The normalized spacial score (nSPS) is 24.2. The molecular formula is C20H29N3O3. The number of Topliss-reactive ketones (excluding diaryl/α,β-unsaturated/α-hetero) is 1. The van der Waals surface area contributed by atoms with Crippen molar-refractivity contribution in [2.75, 3.05) is 31.5 Å². The van der Waals surface area contributed by atoms with Crippen molar-refractivity contribution in [1.82, 2.24) is 10.6 Å². The number of anilines is 1. The number of ketones is 1. The van der Waals surface area contributed by atoms with Crippen molar-refractivity contribution >= 4 is 17.4 Å². The molecule has 0 saturated carbocycles.